The molecule has 2 nitrogen and oxygen atoms in total. The summed E-state index contributed by atoms with van der Waals surface area (Å²) in [7, 11) is 0. The lowest BCUT2D eigenvalue weighted by molar-refractivity contribution is -0.118. The molecule has 8 heteroatoms. The van der Waals surface area contributed by atoms with Crippen LogP contribution in [0.1, 0.15) is 0 Å². The highest BCUT2D eigenvalue weighted by Crippen LogP contribution is 2.14. The Hall–Kier alpha value is -1.04. The number of halogens is 6. The third kappa shape index (κ3) is 11.0. The van der Waals surface area contributed by atoms with Crippen molar-refractivity contribution in [2.24, 2.45) is 9.98 Å². The van der Waals surface area contributed by atoms with Crippen molar-refractivity contribution in [3.63, 3.8) is 0 Å². The van der Waals surface area contributed by atoms with E-state index >= 15 is 0 Å². The molecule has 0 fully saturated rings. The molecule has 0 atom stereocenters. The van der Waals surface area contributed by atoms with Gasteiger partial charge in [0.05, 0.1) is 6.01 Å². The monoisotopic (exact) mass is 206 g/mol. The van der Waals surface area contributed by atoms with Gasteiger partial charge in [-0.1, -0.05) is 0 Å². The van der Waals surface area contributed by atoms with Gasteiger partial charge in [-0.25, -0.2) is 9.98 Å². The predicted molar refractivity (Wildman–Crippen MR) is 31.7 cm³/mol. The van der Waals surface area contributed by atoms with Crippen LogP contribution in [0.2, 0.25) is 0 Å². The second kappa shape index (κ2) is 4.27. The van der Waals surface area contributed by atoms with Gasteiger partial charge in [0.15, 0.2) is 0 Å². The molecule has 0 heterocycles. The molecule has 0 saturated heterocycles. The van der Waals surface area contributed by atoms with Crippen LogP contribution in [-0.4, -0.2) is 31.5 Å². The van der Waals surface area contributed by atoms with Gasteiger partial charge >= 0.3 is 12.4 Å². The molecule has 0 amide bonds. The number of alkyl halides is 6. The number of hydrogen-bond acceptors (Lipinski definition) is 2. The summed E-state index contributed by atoms with van der Waals surface area (Å²) in [6, 6.07) is 1.31. The Kier molecular flexibility index (Phi) is 3.93. The van der Waals surface area contributed by atoms with Crippen LogP contribution >= 0.6 is 0 Å². The molecule has 0 saturated carbocycles. The van der Waals surface area contributed by atoms with E-state index in [1.807, 2.05) is 0 Å². The summed E-state index contributed by atoms with van der Waals surface area (Å²) in [6.07, 6.45) is -9.08. The van der Waals surface area contributed by atoms with Gasteiger partial charge in [0.25, 0.3) is 0 Å². The molecule has 0 unspecified atom stereocenters. The summed E-state index contributed by atoms with van der Waals surface area (Å²) < 4.78 is 67.9. The smallest absolute Gasteiger partial charge is 0.216 e. The van der Waals surface area contributed by atoms with Gasteiger partial charge in [-0.2, -0.15) is 26.3 Å². The van der Waals surface area contributed by atoms with E-state index in [9.17, 15) is 26.3 Å². The second-order valence-corrected chi connectivity index (χ2v) is 1.96. The molecule has 0 aliphatic carbocycles. The fraction of sp³-hybridized carbons (Fsp3) is 0.800. The van der Waals surface area contributed by atoms with Crippen LogP contribution in [0.5, 0.6) is 0 Å². The van der Waals surface area contributed by atoms with E-state index in [1.54, 1.807) is 0 Å². The molecule has 0 bridgehead atoms. The van der Waals surface area contributed by atoms with Crippen molar-refractivity contribution in [3.05, 3.63) is 0 Å². The lowest BCUT2D eigenvalue weighted by Crippen LogP contribution is -2.12. The molecule has 13 heavy (non-hydrogen) atoms. The highest BCUT2D eigenvalue weighted by Gasteiger charge is 2.27. The number of aliphatic imine (C=N–C) groups is 2. The Bertz CT molecular complexity index is 188. The molecule has 0 aliphatic heterocycles. The average Bonchev–Trinajstić information content (AvgIpc) is 1.81. The van der Waals surface area contributed by atoms with Crippen molar-refractivity contribution in [3.8, 4) is 0 Å². The fourth-order valence-corrected chi connectivity index (χ4v) is 0.300. The van der Waals surface area contributed by atoms with E-state index in [1.165, 1.54) is 6.01 Å². The van der Waals surface area contributed by atoms with Crippen molar-refractivity contribution in [2.45, 2.75) is 12.4 Å². The van der Waals surface area contributed by atoms with Gasteiger partial charge in [-0.3, -0.25) is 0 Å². The van der Waals surface area contributed by atoms with Crippen LogP contribution in [0.3, 0.4) is 0 Å². The number of rotatable bonds is 2. The topological polar surface area (TPSA) is 24.7 Å². The number of hydrogen-bond donors (Lipinski definition) is 0. The summed E-state index contributed by atoms with van der Waals surface area (Å²) in [5.41, 5.74) is 0. The van der Waals surface area contributed by atoms with E-state index in [-0.39, 0.29) is 0 Å². The summed E-state index contributed by atoms with van der Waals surface area (Å²) in [5, 5.41) is 0. The largest absolute Gasteiger partial charge is 0.408 e. The second-order valence-electron chi connectivity index (χ2n) is 1.96. The van der Waals surface area contributed by atoms with Gasteiger partial charge in [-0.15, -0.1) is 0 Å². The maximum atomic E-state index is 11.3. The fourth-order valence-electron chi connectivity index (χ4n) is 0.300. The van der Waals surface area contributed by atoms with E-state index in [4.69, 9.17) is 0 Å². The molecule has 0 N–H and O–H groups in total. The third-order valence-corrected chi connectivity index (χ3v) is 0.658. The lowest BCUT2D eigenvalue weighted by atomic mass is 10.6. The SMILES string of the molecule is FC(F)(F)CN=C=NCC(F)(F)F. The molecule has 0 aromatic carbocycles. The standard InChI is InChI=1S/C5H4F6N2/c6-4(7,8)1-12-3-13-2-5(9,10)11/h1-2H2. The van der Waals surface area contributed by atoms with E-state index in [2.05, 4.69) is 9.98 Å². The number of nitrogens with zero attached hydrogens (tertiary/aromatic N) is 2. The molecule has 0 aromatic rings. The van der Waals surface area contributed by atoms with Crippen molar-refractivity contribution in [1.29, 1.82) is 0 Å². The summed E-state index contributed by atoms with van der Waals surface area (Å²) >= 11 is 0. The molecule has 76 valence electrons. The Labute approximate surface area is 69.0 Å². The maximum Gasteiger partial charge on any atom is 0.408 e. The molecular weight excluding hydrogens is 202 g/mol. The minimum absolute atomic E-state index is 1.31. The Morgan fingerprint density at radius 2 is 1.08 bits per heavy atom. The zero-order valence-electron chi connectivity index (χ0n) is 6.08. The normalized spacial score (nSPS) is 12.2. The zero-order chi connectivity index (χ0) is 10.5. The molecule has 0 aliphatic rings. The van der Waals surface area contributed by atoms with Crippen LogP contribution in [0, 0.1) is 0 Å². The van der Waals surface area contributed by atoms with E-state index in [0.717, 1.165) is 0 Å². The quantitative estimate of drug-likeness (QED) is 0.489. The van der Waals surface area contributed by atoms with Gasteiger partial charge in [0.1, 0.15) is 13.1 Å². The summed E-state index contributed by atoms with van der Waals surface area (Å²) in [5.74, 6) is 0. The molecule has 0 rings (SSSR count). The van der Waals surface area contributed by atoms with Gasteiger partial charge in [0, 0.05) is 0 Å². The highest BCUT2D eigenvalue weighted by atomic mass is 19.4. The summed E-state index contributed by atoms with van der Waals surface area (Å²) in [4.78, 5) is 5.01. The first-order chi connectivity index (χ1) is 5.71. The maximum absolute atomic E-state index is 11.3. The minimum atomic E-state index is -4.54. The van der Waals surface area contributed by atoms with Crippen LogP contribution in [0.15, 0.2) is 9.98 Å². The van der Waals surface area contributed by atoms with Gasteiger partial charge in [0.2, 0.25) is 0 Å². The Morgan fingerprint density at radius 1 is 0.769 bits per heavy atom. The van der Waals surface area contributed by atoms with Crippen molar-refractivity contribution in [2.75, 3.05) is 13.1 Å². The van der Waals surface area contributed by atoms with Crippen LogP contribution in [0.4, 0.5) is 26.3 Å². The Balaban J connectivity index is 3.86. The van der Waals surface area contributed by atoms with E-state index < -0.39 is 25.4 Å². The molecule has 0 radical (unpaired) electrons. The van der Waals surface area contributed by atoms with E-state index in [0.29, 0.717) is 0 Å². The third-order valence-electron chi connectivity index (χ3n) is 0.658. The lowest BCUT2D eigenvalue weighted by Gasteiger charge is -1.98. The highest BCUT2D eigenvalue weighted by molar-refractivity contribution is 5.41. The first-order valence-corrected chi connectivity index (χ1v) is 2.92. The van der Waals surface area contributed by atoms with Crippen molar-refractivity contribution < 1.29 is 26.3 Å². The summed E-state index contributed by atoms with van der Waals surface area (Å²) in [6.45, 7) is -3.15. The van der Waals surface area contributed by atoms with Crippen LogP contribution in [-0.2, 0) is 0 Å². The van der Waals surface area contributed by atoms with Crippen LogP contribution in [0.25, 0.3) is 0 Å². The van der Waals surface area contributed by atoms with Crippen LogP contribution < -0.4 is 0 Å². The van der Waals surface area contributed by atoms with Crippen molar-refractivity contribution in [1.82, 2.24) is 0 Å². The van der Waals surface area contributed by atoms with Gasteiger partial charge in [-0.05, 0) is 0 Å². The predicted octanol–water partition coefficient (Wildman–Crippen LogP) is 2.28. The molecule has 0 spiro atoms. The first-order valence-electron chi connectivity index (χ1n) is 2.92. The zero-order valence-corrected chi connectivity index (χ0v) is 6.08. The average molecular weight is 206 g/mol. The first kappa shape index (κ1) is 12.0. The Morgan fingerprint density at radius 3 is 1.31 bits per heavy atom. The minimum Gasteiger partial charge on any atom is -0.216 e. The molecular formula is C5H4F6N2. The van der Waals surface area contributed by atoms with Gasteiger partial charge < -0.3 is 0 Å². The molecule has 0 aromatic heterocycles. The van der Waals surface area contributed by atoms with Crippen molar-refractivity contribution >= 4 is 6.01 Å².